The van der Waals surface area contributed by atoms with Gasteiger partial charge in [0.25, 0.3) is 0 Å². The SMILES string of the molecule is COc1cccc(CBr)c1OCC1CCC1. The summed E-state index contributed by atoms with van der Waals surface area (Å²) in [5.74, 6) is 2.47. The van der Waals surface area contributed by atoms with Crippen LogP contribution in [0.5, 0.6) is 11.5 Å². The highest BCUT2D eigenvalue weighted by Crippen LogP contribution is 2.34. The number of hydrogen-bond acceptors (Lipinski definition) is 2. The standard InChI is InChI=1S/C13H17BrO2/c1-15-12-7-3-6-11(8-14)13(12)16-9-10-4-2-5-10/h3,6-7,10H,2,4-5,8-9H2,1H3. The van der Waals surface area contributed by atoms with E-state index in [1.54, 1.807) is 7.11 Å². The van der Waals surface area contributed by atoms with Crippen LogP contribution in [0.15, 0.2) is 18.2 Å². The average molecular weight is 285 g/mol. The molecule has 1 aromatic carbocycles. The first kappa shape index (κ1) is 11.8. The smallest absolute Gasteiger partial charge is 0.165 e. The van der Waals surface area contributed by atoms with Gasteiger partial charge in [-0.2, -0.15) is 0 Å². The van der Waals surface area contributed by atoms with Crippen molar-refractivity contribution in [3.05, 3.63) is 23.8 Å². The van der Waals surface area contributed by atoms with Crippen LogP contribution >= 0.6 is 15.9 Å². The molecule has 0 aromatic heterocycles. The lowest BCUT2D eigenvalue weighted by Crippen LogP contribution is -2.19. The third-order valence-electron chi connectivity index (χ3n) is 3.11. The van der Waals surface area contributed by atoms with Crippen LogP contribution in [0.3, 0.4) is 0 Å². The molecule has 0 bridgehead atoms. The van der Waals surface area contributed by atoms with Crippen molar-refractivity contribution in [2.24, 2.45) is 5.92 Å². The third-order valence-corrected chi connectivity index (χ3v) is 3.72. The number of alkyl halides is 1. The van der Waals surface area contributed by atoms with Gasteiger partial charge >= 0.3 is 0 Å². The van der Waals surface area contributed by atoms with E-state index in [0.717, 1.165) is 34.9 Å². The maximum Gasteiger partial charge on any atom is 0.165 e. The minimum atomic E-state index is 0.744. The molecule has 1 aromatic rings. The van der Waals surface area contributed by atoms with Crippen molar-refractivity contribution in [3.8, 4) is 11.5 Å². The van der Waals surface area contributed by atoms with Gasteiger partial charge in [-0.05, 0) is 24.8 Å². The summed E-state index contributed by atoms with van der Waals surface area (Å²) >= 11 is 3.47. The van der Waals surface area contributed by atoms with E-state index in [1.807, 2.05) is 12.1 Å². The number of halogens is 1. The lowest BCUT2D eigenvalue weighted by atomic mass is 9.86. The molecule has 0 N–H and O–H groups in total. The highest BCUT2D eigenvalue weighted by molar-refractivity contribution is 9.08. The Kier molecular flexibility index (Phi) is 4.10. The molecule has 1 aliphatic carbocycles. The second kappa shape index (κ2) is 5.58. The van der Waals surface area contributed by atoms with Crippen LogP contribution in [0.2, 0.25) is 0 Å². The summed E-state index contributed by atoms with van der Waals surface area (Å²) in [6, 6.07) is 6.00. The predicted molar refractivity (Wildman–Crippen MR) is 68.5 cm³/mol. The first-order valence-electron chi connectivity index (χ1n) is 5.69. The zero-order chi connectivity index (χ0) is 11.4. The Morgan fingerprint density at radius 3 is 2.75 bits per heavy atom. The summed E-state index contributed by atoms with van der Waals surface area (Å²) < 4.78 is 11.2. The highest BCUT2D eigenvalue weighted by atomic mass is 79.9. The molecule has 0 amide bonds. The van der Waals surface area contributed by atoms with Crippen LogP contribution in [-0.4, -0.2) is 13.7 Å². The molecule has 1 aliphatic rings. The Morgan fingerprint density at radius 2 is 2.19 bits per heavy atom. The lowest BCUT2D eigenvalue weighted by Gasteiger charge is -2.26. The first-order chi connectivity index (χ1) is 7.85. The first-order valence-corrected chi connectivity index (χ1v) is 6.82. The van der Waals surface area contributed by atoms with E-state index in [1.165, 1.54) is 19.3 Å². The normalized spacial score (nSPS) is 15.6. The van der Waals surface area contributed by atoms with Gasteiger partial charge < -0.3 is 9.47 Å². The van der Waals surface area contributed by atoms with Gasteiger partial charge in [0.1, 0.15) is 0 Å². The highest BCUT2D eigenvalue weighted by Gasteiger charge is 2.19. The van der Waals surface area contributed by atoms with Crippen LogP contribution in [0.1, 0.15) is 24.8 Å². The van der Waals surface area contributed by atoms with Crippen molar-refractivity contribution < 1.29 is 9.47 Å². The van der Waals surface area contributed by atoms with E-state index >= 15 is 0 Å². The summed E-state index contributed by atoms with van der Waals surface area (Å²) in [7, 11) is 1.68. The summed E-state index contributed by atoms with van der Waals surface area (Å²) in [6.45, 7) is 0.820. The molecular formula is C13H17BrO2. The number of ether oxygens (including phenoxy) is 2. The third kappa shape index (κ3) is 2.51. The zero-order valence-electron chi connectivity index (χ0n) is 9.54. The second-order valence-corrected chi connectivity index (χ2v) is 4.75. The van der Waals surface area contributed by atoms with E-state index in [4.69, 9.17) is 9.47 Å². The molecule has 0 spiro atoms. The van der Waals surface area contributed by atoms with Gasteiger partial charge in [0, 0.05) is 10.9 Å². The Bertz CT molecular complexity index is 326. The molecule has 3 heteroatoms. The lowest BCUT2D eigenvalue weighted by molar-refractivity contribution is 0.175. The van der Waals surface area contributed by atoms with E-state index in [9.17, 15) is 0 Å². The largest absolute Gasteiger partial charge is 0.493 e. The molecule has 1 fully saturated rings. The molecule has 0 aliphatic heterocycles. The molecule has 0 saturated heterocycles. The van der Waals surface area contributed by atoms with Crippen LogP contribution < -0.4 is 9.47 Å². The molecule has 0 atom stereocenters. The minimum Gasteiger partial charge on any atom is -0.493 e. The number of rotatable bonds is 5. The van der Waals surface area contributed by atoms with Crippen LogP contribution in [-0.2, 0) is 5.33 Å². The Labute approximate surface area is 105 Å². The predicted octanol–water partition coefficient (Wildman–Crippen LogP) is 3.77. The molecule has 88 valence electrons. The molecule has 2 rings (SSSR count). The number of para-hydroxylation sites is 1. The molecule has 0 unspecified atom stereocenters. The van der Waals surface area contributed by atoms with Gasteiger partial charge in [0.2, 0.25) is 0 Å². The van der Waals surface area contributed by atoms with Crippen molar-refractivity contribution in [3.63, 3.8) is 0 Å². The maximum atomic E-state index is 5.90. The number of methoxy groups -OCH3 is 1. The Balaban J connectivity index is 2.08. The van der Waals surface area contributed by atoms with Gasteiger partial charge in [0.05, 0.1) is 13.7 Å². The summed E-state index contributed by atoms with van der Waals surface area (Å²) in [6.07, 6.45) is 3.96. The van der Waals surface area contributed by atoms with Crippen molar-refractivity contribution in [2.75, 3.05) is 13.7 Å². The Hall–Kier alpha value is -0.700. The molecule has 0 heterocycles. The van der Waals surface area contributed by atoms with Crippen molar-refractivity contribution in [1.82, 2.24) is 0 Å². The minimum absolute atomic E-state index is 0.744. The van der Waals surface area contributed by atoms with E-state index in [0.29, 0.717) is 0 Å². The van der Waals surface area contributed by atoms with Gasteiger partial charge in [0.15, 0.2) is 11.5 Å². The van der Waals surface area contributed by atoms with Crippen molar-refractivity contribution >= 4 is 15.9 Å². The fourth-order valence-electron chi connectivity index (χ4n) is 1.85. The van der Waals surface area contributed by atoms with Crippen molar-refractivity contribution in [2.45, 2.75) is 24.6 Å². The van der Waals surface area contributed by atoms with Gasteiger partial charge in [-0.15, -0.1) is 0 Å². The second-order valence-electron chi connectivity index (χ2n) is 4.19. The van der Waals surface area contributed by atoms with Gasteiger partial charge in [-0.1, -0.05) is 34.5 Å². The molecule has 1 saturated carbocycles. The average Bonchev–Trinajstić information content (AvgIpc) is 2.27. The number of benzene rings is 1. The van der Waals surface area contributed by atoms with E-state index in [-0.39, 0.29) is 0 Å². The topological polar surface area (TPSA) is 18.5 Å². The quantitative estimate of drug-likeness (QED) is 0.767. The zero-order valence-corrected chi connectivity index (χ0v) is 11.1. The van der Waals surface area contributed by atoms with Crippen LogP contribution in [0.25, 0.3) is 0 Å². The molecule has 0 radical (unpaired) electrons. The molecular weight excluding hydrogens is 268 g/mol. The fraction of sp³-hybridized carbons (Fsp3) is 0.538. The van der Waals surface area contributed by atoms with Crippen molar-refractivity contribution in [1.29, 1.82) is 0 Å². The van der Waals surface area contributed by atoms with Crippen LogP contribution in [0, 0.1) is 5.92 Å². The summed E-state index contributed by atoms with van der Waals surface area (Å²) in [5.41, 5.74) is 1.15. The van der Waals surface area contributed by atoms with E-state index in [2.05, 4.69) is 22.0 Å². The van der Waals surface area contributed by atoms with Gasteiger partial charge in [-0.3, -0.25) is 0 Å². The van der Waals surface area contributed by atoms with E-state index < -0.39 is 0 Å². The molecule has 2 nitrogen and oxygen atoms in total. The van der Waals surface area contributed by atoms with Crippen LogP contribution in [0.4, 0.5) is 0 Å². The summed E-state index contributed by atoms with van der Waals surface area (Å²) in [4.78, 5) is 0. The molecule has 16 heavy (non-hydrogen) atoms. The van der Waals surface area contributed by atoms with Gasteiger partial charge in [-0.25, -0.2) is 0 Å². The number of hydrogen-bond donors (Lipinski definition) is 0. The monoisotopic (exact) mass is 284 g/mol. The fourth-order valence-corrected chi connectivity index (χ4v) is 2.29. The summed E-state index contributed by atoms with van der Waals surface area (Å²) in [5, 5.41) is 0.796. The maximum absolute atomic E-state index is 5.90. The Morgan fingerprint density at radius 1 is 1.38 bits per heavy atom.